The molecule has 4 aromatic heterocycles. The van der Waals surface area contributed by atoms with Crippen molar-refractivity contribution in [3.8, 4) is 11.3 Å². The van der Waals surface area contributed by atoms with Gasteiger partial charge in [0.25, 0.3) is 10.0 Å². The summed E-state index contributed by atoms with van der Waals surface area (Å²) < 4.78 is 67.1. The van der Waals surface area contributed by atoms with Crippen LogP contribution in [0, 0.1) is 11.6 Å². The standard InChI is InChI=1S/C25H23F2N9O3S/c1-35-11-18(31-13-35)40(37,38)34-17-8-7-16(26)22(20(17)27)33-24-15(5-4-9-28-24)21-23-25(30-12-29-21)36(14-32-23)19-6-2-3-10-39-19/h4-5,7-9,11-14,19,34H,2-3,6,10H2,1H3,(H,28,33). The number of hydrogen-bond donors (Lipinski definition) is 2. The number of imidazole rings is 2. The van der Waals surface area contributed by atoms with Gasteiger partial charge in [0.05, 0.1) is 18.3 Å². The molecule has 1 aromatic carbocycles. The molecule has 5 aromatic rings. The third kappa shape index (κ3) is 4.73. The molecule has 1 aliphatic rings. The van der Waals surface area contributed by atoms with Crippen molar-refractivity contribution >= 4 is 38.4 Å². The van der Waals surface area contributed by atoms with Gasteiger partial charge in [-0.25, -0.2) is 33.7 Å². The third-order valence-corrected chi connectivity index (χ3v) is 7.67. The number of halogens is 2. The van der Waals surface area contributed by atoms with Gasteiger partial charge >= 0.3 is 0 Å². The third-order valence-electron chi connectivity index (χ3n) is 6.42. The van der Waals surface area contributed by atoms with Gasteiger partial charge in [0.1, 0.15) is 41.1 Å². The lowest BCUT2D eigenvalue weighted by atomic mass is 10.1. The Morgan fingerprint density at radius 3 is 2.70 bits per heavy atom. The van der Waals surface area contributed by atoms with E-state index < -0.39 is 33.0 Å². The van der Waals surface area contributed by atoms with Crippen LogP contribution in [0.5, 0.6) is 0 Å². The molecule has 2 N–H and O–H groups in total. The number of aromatic nitrogens is 7. The normalized spacial score (nSPS) is 15.8. The van der Waals surface area contributed by atoms with Gasteiger partial charge in [-0.2, -0.15) is 8.42 Å². The van der Waals surface area contributed by atoms with Gasteiger partial charge < -0.3 is 14.6 Å². The van der Waals surface area contributed by atoms with Crippen LogP contribution in [0.25, 0.3) is 22.4 Å². The molecule has 1 unspecified atom stereocenters. The largest absolute Gasteiger partial charge is 0.358 e. The molecular weight excluding hydrogens is 544 g/mol. The molecule has 1 fully saturated rings. The van der Waals surface area contributed by atoms with E-state index in [-0.39, 0.29) is 17.1 Å². The number of aryl methyl sites for hydroxylation is 1. The summed E-state index contributed by atoms with van der Waals surface area (Å²) in [6.07, 6.45) is 9.65. The van der Waals surface area contributed by atoms with Gasteiger partial charge in [-0.05, 0) is 43.5 Å². The molecule has 0 aliphatic carbocycles. The molecule has 0 saturated carbocycles. The van der Waals surface area contributed by atoms with E-state index in [2.05, 4.69) is 35.0 Å². The fourth-order valence-corrected chi connectivity index (χ4v) is 5.53. The fourth-order valence-electron chi connectivity index (χ4n) is 4.49. The van der Waals surface area contributed by atoms with Gasteiger partial charge in [0.15, 0.2) is 16.5 Å². The van der Waals surface area contributed by atoms with Crippen LogP contribution in [0.2, 0.25) is 0 Å². The highest BCUT2D eigenvalue weighted by Crippen LogP contribution is 2.35. The first kappa shape index (κ1) is 25.8. The topological polar surface area (TPSA) is 142 Å². The molecular formula is C25H23F2N9O3S. The zero-order valence-electron chi connectivity index (χ0n) is 21.1. The maximum atomic E-state index is 15.5. The van der Waals surface area contributed by atoms with Crippen LogP contribution in [0.3, 0.4) is 0 Å². The van der Waals surface area contributed by atoms with E-state index in [0.29, 0.717) is 29.0 Å². The first-order valence-corrected chi connectivity index (χ1v) is 13.8. The Morgan fingerprint density at radius 1 is 1.05 bits per heavy atom. The number of fused-ring (bicyclic) bond motifs is 1. The molecule has 0 spiro atoms. The molecule has 40 heavy (non-hydrogen) atoms. The van der Waals surface area contributed by atoms with Gasteiger partial charge in [-0.1, -0.05) is 0 Å². The van der Waals surface area contributed by atoms with Gasteiger partial charge in [-0.3, -0.25) is 9.29 Å². The van der Waals surface area contributed by atoms with E-state index in [9.17, 15) is 12.8 Å². The number of anilines is 3. The summed E-state index contributed by atoms with van der Waals surface area (Å²) in [4.78, 5) is 21.4. The van der Waals surface area contributed by atoms with E-state index in [1.807, 2.05) is 4.57 Å². The Morgan fingerprint density at radius 2 is 1.93 bits per heavy atom. The Labute approximate surface area is 227 Å². The highest BCUT2D eigenvalue weighted by atomic mass is 32.2. The van der Waals surface area contributed by atoms with E-state index in [0.717, 1.165) is 31.4 Å². The van der Waals surface area contributed by atoms with E-state index in [4.69, 9.17) is 4.74 Å². The Kier molecular flexibility index (Phi) is 6.59. The van der Waals surface area contributed by atoms with Crippen LogP contribution in [0.1, 0.15) is 25.5 Å². The number of rotatable bonds is 7. The predicted molar refractivity (Wildman–Crippen MR) is 141 cm³/mol. The second-order valence-electron chi connectivity index (χ2n) is 9.16. The molecule has 0 amide bonds. The Bertz CT molecular complexity index is 1820. The molecule has 1 aliphatic heterocycles. The highest BCUT2D eigenvalue weighted by Gasteiger charge is 2.24. The van der Waals surface area contributed by atoms with Crippen molar-refractivity contribution in [2.24, 2.45) is 7.05 Å². The zero-order chi connectivity index (χ0) is 27.9. The quantitative estimate of drug-likeness (QED) is 0.297. The van der Waals surface area contributed by atoms with Crippen molar-refractivity contribution in [1.29, 1.82) is 0 Å². The zero-order valence-corrected chi connectivity index (χ0v) is 21.9. The van der Waals surface area contributed by atoms with E-state index >= 15 is 4.39 Å². The molecule has 0 radical (unpaired) electrons. The first-order valence-electron chi connectivity index (χ1n) is 12.3. The fraction of sp³-hybridized carbons (Fsp3) is 0.240. The number of nitrogens with one attached hydrogen (secondary N) is 2. The van der Waals surface area contributed by atoms with Crippen LogP contribution in [-0.2, 0) is 21.8 Å². The molecule has 1 saturated heterocycles. The molecule has 12 nitrogen and oxygen atoms in total. The van der Waals surface area contributed by atoms with Gasteiger partial charge in [0.2, 0.25) is 0 Å². The summed E-state index contributed by atoms with van der Waals surface area (Å²) in [5.41, 5.74) is 0.738. The number of sulfonamides is 1. The van der Waals surface area contributed by atoms with Crippen LogP contribution in [-0.4, -0.2) is 49.1 Å². The Hall–Kier alpha value is -4.50. The van der Waals surface area contributed by atoms with Crippen LogP contribution in [0.15, 0.2) is 60.7 Å². The van der Waals surface area contributed by atoms with Gasteiger partial charge in [-0.15, -0.1) is 0 Å². The minimum atomic E-state index is -4.23. The second kappa shape index (κ2) is 10.2. The summed E-state index contributed by atoms with van der Waals surface area (Å²) in [6, 6.07) is 5.26. The lowest BCUT2D eigenvalue weighted by Crippen LogP contribution is -2.17. The van der Waals surface area contributed by atoms with Crippen molar-refractivity contribution in [2.45, 2.75) is 30.5 Å². The van der Waals surface area contributed by atoms with Crippen molar-refractivity contribution < 1.29 is 21.9 Å². The van der Waals surface area contributed by atoms with Crippen LogP contribution in [0.4, 0.5) is 26.0 Å². The molecule has 0 bridgehead atoms. The minimum Gasteiger partial charge on any atom is -0.358 e. The number of benzene rings is 1. The molecule has 206 valence electrons. The molecule has 5 heterocycles. The predicted octanol–water partition coefficient (Wildman–Crippen LogP) is 4.14. The molecule has 15 heteroatoms. The maximum absolute atomic E-state index is 15.5. The van der Waals surface area contributed by atoms with Crippen molar-refractivity contribution in [3.63, 3.8) is 0 Å². The number of nitrogens with zero attached hydrogens (tertiary/aromatic N) is 7. The summed E-state index contributed by atoms with van der Waals surface area (Å²) in [5, 5.41) is 2.36. The smallest absolute Gasteiger partial charge is 0.281 e. The maximum Gasteiger partial charge on any atom is 0.281 e. The van der Waals surface area contributed by atoms with E-state index in [1.165, 1.54) is 29.6 Å². The molecule has 1 atom stereocenters. The van der Waals surface area contributed by atoms with Crippen LogP contribution >= 0.6 is 0 Å². The average Bonchev–Trinajstić information content (AvgIpc) is 3.60. The monoisotopic (exact) mass is 567 g/mol. The van der Waals surface area contributed by atoms with Gasteiger partial charge in [0, 0.05) is 31.6 Å². The number of ether oxygens (including phenoxy) is 1. The number of pyridine rings is 1. The summed E-state index contributed by atoms with van der Waals surface area (Å²) in [6.45, 7) is 0.646. The SMILES string of the molecule is Cn1cnc(S(=O)(=O)Nc2ccc(F)c(Nc3ncccc3-c3ncnc4c3ncn4C3CCCCO3)c2F)c1. The lowest BCUT2D eigenvalue weighted by molar-refractivity contribution is -0.0298. The first-order chi connectivity index (χ1) is 19.3. The Balaban J connectivity index is 1.36. The van der Waals surface area contributed by atoms with Crippen molar-refractivity contribution in [2.75, 3.05) is 16.6 Å². The van der Waals surface area contributed by atoms with Crippen LogP contribution < -0.4 is 10.0 Å². The number of hydrogen-bond acceptors (Lipinski definition) is 9. The van der Waals surface area contributed by atoms with Crippen molar-refractivity contribution in [3.05, 3.63) is 67.3 Å². The lowest BCUT2D eigenvalue weighted by Gasteiger charge is -2.23. The summed E-state index contributed by atoms with van der Waals surface area (Å²) in [5.74, 6) is -2.04. The molecule has 6 rings (SSSR count). The summed E-state index contributed by atoms with van der Waals surface area (Å²) in [7, 11) is -2.63. The van der Waals surface area contributed by atoms with Crippen molar-refractivity contribution in [1.82, 2.24) is 34.1 Å². The second-order valence-corrected chi connectivity index (χ2v) is 10.8. The highest BCUT2D eigenvalue weighted by molar-refractivity contribution is 7.92. The average molecular weight is 568 g/mol. The summed E-state index contributed by atoms with van der Waals surface area (Å²) >= 11 is 0. The minimum absolute atomic E-state index is 0.0773. The van der Waals surface area contributed by atoms with E-state index in [1.54, 1.807) is 25.5 Å².